The van der Waals surface area contributed by atoms with Crippen LogP contribution in [0.1, 0.15) is 18.5 Å². The Morgan fingerprint density at radius 3 is 2.42 bits per heavy atom. The molecule has 1 saturated heterocycles. The number of hydrogen-bond acceptors (Lipinski definition) is 3. The fourth-order valence-electron chi connectivity index (χ4n) is 2.96. The van der Waals surface area contributed by atoms with Crippen molar-refractivity contribution in [2.45, 2.75) is 13.0 Å². The largest absolute Gasteiger partial charge is 0.508 e. The van der Waals surface area contributed by atoms with E-state index in [-0.39, 0.29) is 6.04 Å². The third kappa shape index (κ3) is 3.97. The molecule has 3 rings (SSSR count). The molecule has 24 heavy (non-hydrogen) atoms. The number of piperazine rings is 1. The number of rotatable bonds is 3. The van der Waals surface area contributed by atoms with Crippen LogP contribution in [0.3, 0.4) is 0 Å². The Bertz CT molecular complexity index is 684. The molecule has 0 amide bonds. The predicted molar refractivity (Wildman–Crippen MR) is 102 cm³/mol. The van der Waals surface area contributed by atoms with Crippen molar-refractivity contribution in [2.75, 3.05) is 31.1 Å². The topological polar surface area (TPSA) is 38.7 Å². The predicted octanol–water partition coefficient (Wildman–Crippen LogP) is 3.15. The second-order valence-electron chi connectivity index (χ2n) is 6.08. The van der Waals surface area contributed by atoms with Crippen molar-refractivity contribution >= 4 is 23.0 Å². The van der Waals surface area contributed by atoms with Crippen molar-refractivity contribution in [1.29, 1.82) is 0 Å². The number of phenolic OH excluding ortho intramolecular Hbond substituents is 1. The van der Waals surface area contributed by atoms with Gasteiger partial charge in [0, 0.05) is 37.9 Å². The Hall–Kier alpha value is -2.27. The fraction of sp³-hybridized carbons (Fsp3) is 0.316. The van der Waals surface area contributed by atoms with Crippen molar-refractivity contribution in [2.24, 2.45) is 0 Å². The Labute approximate surface area is 148 Å². The highest BCUT2D eigenvalue weighted by atomic mass is 32.1. The van der Waals surface area contributed by atoms with Crippen LogP contribution in [-0.2, 0) is 0 Å². The minimum absolute atomic E-state index is 0.197. The summed E-state index contributed by atoms with van der Waals surface area (Å²) in [6.07, 6.45) is 0. The average molecular weight is 341 g/mol. The van der Waals surface area contributed by atoms with Crippen molar-refractivity contribution in [3.8, 4) is 5.75 Å². The lowest BCUT2D eigenvalue weighted by atomic mass is 10.1. The number of anilines is 1. The Balaban J connectivity index is 1.53. The maximum atomic E-state index is 9.62. The Morgan fingerprint density at radius 1 is 1.04 bits per heavy atom. The first kappa shape index (κ1) is 16.6. The highest BCUT2D eigenvalue weighted by Crippen LogP contribution is 2.21. The van der Waals surface area contributed by atoms with Crippen LogP contribution >= 0.6 is 12.2 Å². The minimum atomic E-state index is 0.197. The Morgan fingerprint density at radius 2 is 1.75 bits per heavy atom. The summed E-state index contributed by atoms with van der Waals surface area (Å²) in [5.74, 6) is 0.309. The molecule has 0 aliphatic carbocycles. The molecular formula is C19H23N3OS. The molecule has 1 aliphatic heterocycles. The normalized spacial score (nSPS) is 15.9. The summed E-state index contributed by atoms with van der Waals surface area (Å²) in [5, 5.41) is 13.9. The van der Waals surface area contributed by atoms with Crippen molar-refractivity contribution in [1.82, 2.24) is 10.2 Å². The van der Waals surface area contributed by atoms with E-state index in [4.69, 9.17) is 12.2 Å². The van der Waals surface area contributed by atoms with Gasteiger partial charge in [-0.3, -0.25) is 0 Å². The smallest absolute Gasteiger partial charge is 0.169 e. The van der Waals surface area contributed by atoms with Crippen LogP contribution in [0, 0.1) is 0 Å². The zero-order chi connectivity index (χ0) is 16.9. The number of nitrogens with zero attached hydrogens (tertiary/aromatic N) is 2. The molecule has 1 fully saturated rings. The van der Waals surface area contributed by atoms with Crippen LogP contribution in [-0.4, -0.2) is 41.3 Å². The molecule has 5 heteroatoms. The third-order valence-electron chi connectivity index (χ3n) is 4.40. The van der Waals surface area contributed by atoms with Gasteiger partial charge in [-0.1, -0.05) is 36.4 Å². The summed E-state index contributed by atoms with van der Waals surface area (Å²) >= 11 is 5.58. The van der Waals surface area contributed by atoms with Gasteiger partial charge in [-0.05, 0) is 36.8 Å². The first-order valence-electron chi connectivity index (χ1n) is 8.28. The van der Waals surface area contributed by atoms with Gasteiger partial charge in [-0.15, -0.1) is 0 Å². The SMILES string of the molecule is CC(NC(=S)N1CCN(c2cccc(O)c2)CC1)c1ccccc1. The Kier molecular flexibility index (Phi) is 5.20. The molecule has 0 saturated carbocycles. The van der Waals surface area contributed by atoms with Crippen LogP contribution in [0.4, 0.5) is 5.69 Å². The maximum absolute atomic E-state index is 9.62. The molecule has 1 heterocycles. The van der Waals surface area contributed by atoms with Crippen LogP contribution in [0.5, 0.6) is 5.75 Å². The fourth-order valence-corrected chi connectivity index (χ4v) is 3.32. The van der Waals surface area contributed by atoms with E-state index in [0.717, 1.165) is 37.0 Å². The van der Waals surface area contributed by atoms with Crippen LogP contribution in [0.25, 0.3) is 0 Å². The standard InChI is InChI=1S/C19H23N3OS/c1-15(16-6-3-2-4-7-16)20-19(24)22-12-10-21(11-13-22)17-8-5-9-18(23)14-17/h2-9,14-15,23H,10-13H2,1H3,(H,20,24). The lowest BCUT2D eigenvalue weighted by Crippen LogP contribution is -2.52. The molecular weight excluding hydrogens is 318 g/mol. The van der Waals surface area contributed by atoms with E-state index in [1.165, 1.54) is 5.56 Å². The number of aromatic hydroxyl groups is 1. The molecule has 2 aromatic carbocycles. The second kappa shape index (κ2) is 7.53. The van der Waals surface area contributed by atoms with E-state index < -0.39 is 0 Å². The molecule has 2 aromatic rings. The molecule has 1 aliphatic rings. The van der Waals surface area contributed by atoms with E-state index >= 15 is 0 Å². The first-order chi connectivity index (χ1) is 11.6. The molecule has 2 N–H and O–H groups in total. The van der Waals surface area contributed by atoms with Gasteiger partial charge in [0.2, 0.25) is 0 Å². The molecule has 0 spiro atoms. The monoisotopic (exact) mass is 341 g/mol. The summed E-state index contributed by atoms with van der Waals surface area (Å²) in [6.45, 7) is 5.67. The van der Waals surface area contributed by atoms with Gasteiger partial charge >= 0.3 is 0 Å². The third-order valence-corrected chi connectivity index (χ3v) is 4.78. The van der Waals surface area contributed by atoms with Gasteiger partial charge in [0.1, 0.15) is 5.75 Å². The van der Waals surface area contributed by atoms with Crippen molar-refractivity contribution in [3.05, 3.63) is 60.2 Å². The van der Waals surface area contributed by atoms with Gasteiger partial charge in [0.05, 0.1) is 6.04 Å². The maximum Gasteiger partial charge on any atom is 0.169 e. The minimum Gasteiger partial charge on any atom is -0.508 e. The number of thiocarbonyl (C=S) groups is 1. The van der Waals surface area contributed by atoms with Gasteiger partial charge < -0.3 is 20.2 Å². The summed E-state index contributed by atoms with van der Waals surface area (Å²) in [5.41, 5.74) is 2.30. The van der Waals surface area contributed by atoms with E-state index in [1.807, 2.05) is 36.4 Å². The van der Waals surface area contributed by atoms with Crippen molar-refractivity contribution in [3.63, 3.8) is 0 Å². The summed E-state index contributed by atoms with van der Waals surface area (Å²) in [7, 11) is 0. The lowest BCUT2D eigenvalue weighted by molar-refractivity contribution is 0.376. The van der Waals surface area contributed by atoms with Gasteiger partial charge in [-0.25, -0.2) is 0 Å². The molecule has 126 valence electrons. The van der Waals surface area contributed by atoms with Crippen LogP contribution in [0.15, 0.2) is 54.6 Å². The quantitative estimate of drug-likeness (QED) is 0.839. The van der Waals surface area contributed by atoms with Gasteiger partial charge in [0.25, 0.3) is 0 Å². The number of nitrogens with one attached hydrogen (secondary N) is 1. The molecule has 1 unspecified atom stereocenters. The molecule has 1 atom stereocenters. The summed E-state index contributed by atoms with van der Waals surface area (Å²) in [6, 6.07) is 18.0. The van der Waals surface area contributed by atoms with E-state index in [9.17, 15) is 5.11 Å². The van der Waals surface area contributed by atoms with E-state index in [1.54, 1.807) is 6.07 Å². The van der Waals surface area contributed by atoms with Gasteiger partial charge in [0.15, 0.2) is 5.11 Å². The second-order valence-corrected chi connectivity index (χ2v) is 6.46. The van der Waals surface area contributed by atoms with E-state index in [0.29, 0.717) is 5.75 Å². The number of phenols is 1. The molecule has 0 aromatic heterocycles. The highest BCUT2D eigenvalue weighted by molar-refractivity contribution is 7.80. The summed E-state index contributed by atoms with van der Waals surface area (Å²) in [4.78, 5) is 4.49. The lowest BCUT2D eigenvalue weighted by Gasteiger charge is -2.38. The van der Waals surface area contributed by atoms with Gasteiger partial charge in [-0.2, -0.15) is 0 Å². The average Bonchev–Trinajstić information content (AvgIpc) is 2.62. The van der Waals surface area contributed by atoms with E-state index in [2.05, 4.69) is 34.2 Å². The van der Waals surface area contributed by atoms with Crippen molar-refractivity contribution < 1.29 is 5.11 Å². The molecule has 4 nitrogen and oxygen atoms in total. The first-order valence-corrected chi connectivity index (χ1v) is 8.68. The zero-order valence-corrected chi connectivity index (χ0v) is 14.7. The number of hydrogen-bond donors (Lipinski definition) is 2. The molecule has 0 radical (unpaired) electrons. The van der Waals surface area contributed by atoms with Crippen LogP contribution in [0.2, 0.25) is 0 Å². The highest BCUT2D eigenvalue weighted by Gasteiger charge is 2.20. The summed E-state index contributed by atoms with van der Waals surface area (Å²) < 4.78 is 0. The molecule has 0 bridgehead atoms. The number of benzene rings is 2. The van der Waals surface area contributed by atoms with Crippen LogP contribution < -0.4 is 10.2 Å². The zero-order valence-electron chi connectivity index (χ0n) is 13.9.